The zero-order valence-electron chi connectivity index (χ0n) is 19.3. The van der Waals surface area contributed by atoms with Crippen molar-refractivity contribution < 1.29 is 10.0 Å². The Hall–Kier alpha value is -3.33. The number of aryl methyl sites for hydroxylation is 1. The van der Waals surface area contributed by atoms with Gasteiger partial charge >= 0.3 is 0 Å². The molecule has 3 heterocycles. The summed E-state index contributed by atoms with van der Waals surface area (Å²) < 4.78 is 0. The van der Waals surface area contributed by atoms with Gasteiger partial charge in [-0.05, 0) is 76.5 Å². The molecule has 0 atom stereocenters. The lowest BCUT2D eigenvalue weighted by Gasteiger charge is -2.51. The van der Waals surface area contributed by atoms with Crippen LogP contribution in [-0.2, 0) is 10.2 Å². The lowest BCUT2D eigenvalue weighted by molar-refractivity contribution is -0.147. The number of H-pyrrole nitrogens is 1. The molecule has 3 aromatic rings. The number of imidazole rings is 1. The van der Waals surface area contributed by atoms with Crippen LogP contribution < -0.4 is 10.8 Å². The molecule has 1 amide bonds. The summed E-state index contributed by atoms with van der Waals surface area (Å²) in [6, 6.07) is 8.33. The third-order valence-electron chi connectivity index (χ3n) is 7.99. The lowest BCUT2D eigenvalue weighted by Crippen LogP contribution is -2.51. The average molecular weight is 460 g/mol. The lowest BCUT2D eigenvalue weighted by atomic mass is 9.53. The number of nitrogens with one attached hydrogen (secondary N) is 3. The molecule has 7 rings (SSSR count). The number of anilines is 1. The number of rotatable bonds is 6. The van der Waals surface area contributed by atoms with E-state index in [2.05, 4.69) is 15.3 Å². The summed E-state index contributed by atoms with van der Waals surface area (Å²) in [5.41, 5.74) is 5.49. The summed E-state index contributed by atoms with van der Waals surface area (Å²) in [5.74, 6) is 1.32. The molecule has 9 nitrogen and oxygen atoms in total. The third-order valence-corrected chi connectivity index (χ3v) is 7.99. The molecule has 4 N–H and O–H groups in total. The highest BCUT2D eigenvalue weighted by Gasteiger charge is 2.54. The number of hydrogen-bond donors (Lipinski definition) is 4. The molecule has 0 saturated heterocycles. The first kappa shape index (κ1) is 21.2. The van der Waals surface area contributed by atoms with Gasteiger partial charge in [0.15, 0.2) is 0 Å². The van der Waals surface area contributed by atoms with Crippen LogP contribution >= 0.6 is 0 Å². The SMILES string of the molecule is Cc1cccc(-c2nc(C34CCC(C(=O)NO)(CC3)CC4)[nH]c2-c2ccnc(NC3CC3)n2)n1. The van der Waals surface area contributed by atoms with Crippen molar-refractivity contribution in [3.8, 4) is 22.8 Å². The molecule has 0 spiro atoms. The minimum Gasteiger partial charge on any atom is -0.351 e. The quantitative estimate of drug-likeness (QED) is 0.325. The molecule has 0 aliphatic heterocycles. The first-order chi connectivity index (χ1) is 16.5. The normalized spacial score (nSPS) is 25.8. The minimum atomic E-state index is -0.455. The maximum absolute atomic E-state index is 12.3. The van der Waals surface area contributed by atoms with E-state index in [1.54, 1.807) is 6.20 Å². The van der Waals surface area contributed by atoms with Gasteiger partial charge in [-0.15, -0.1) is 0 Å². The molecule has 0 radical (unpaired) electrons. The maximum atomic E-state index is 12.3. The van der Waals surface area contributed by atoms with Crippen LogP contribution in [0.5, 0.6) is 0 Å². The topological polar surface area (TPSA) is 129 Å². The van der Waals surface area contributed by atoms with Gasteiger partial charge in [0.05, 0.1) is 22.5 Å². The molecule has 9 heteroatoms. The van der Waals surface area contributed by atoms with Crippen molar-refractivity contribution in [2.24, 2.45) is 5.41 Å². The van der Waals surface area contributed by atoms with Crippen molar-refractivity contribution in [3.63, 3.8) is 0 Å². The minimum absolute atomic E-state index is 0.115. The predicted molar refractivity (Wildman–Crippen MR) is 126 cm³/mol. The summed E-state index contributed by atoms with van der Waals surface area (Å²) >= 11 is 0. The summed E-state index contributed by atoms with van der Waals surface area (Å²) in [6.07, 6.45) is 8.88. The van der Waals surface area contributed by atoms with E-state index in [1.165, 1.54) is 0 Å². The van der Waals surface area contributed by atoms with Crippen LogP contribution in [0.3, 0.4) is 0 Å². The molecule has 4 aliphatic rings. The van der Waals surface area contributed by atoms with Crippen LogP contribution in [0.2, 0.25) is 0 Å². The Morgan fingerprint density at radius 3 is 2.47 bits per heavy atom. The van der Waals surface area contributed by atoms with Gasteiger partial charge < -0.3 is 10.3 Å². The highest BCUT2D eigenvalue weighted by molar-refractivity contribution is 5.82. The Balaban J connectivity index is 1.40. The van der Waals surface area contributed by atoms with Gasteiger partial charge in [-0.3, -0.25) is 15.0 Å². The predicted octanol–water partition coefficient (Wildman–Crippen LogP) is 3.91. The number of aromatic nitrogens is 5. The van der Waals surface area contributed by atoms with E-state index >= 15 is 0 Å². The van der Waals surface area contributed by atoms with E-state index < -0.39 is 5.41 Å². The van der Waals surface area contributed by atoms with E-state index in [-0.39, 0.29) is 11.3 Å². The monoisotopic (exact) mass is 459 g/mol. The van der Waals surface area contributed by atoms with Crippen LogP contribution in [0.1, 0.15) is 62.9 Å². The standard InChI is InChI=1S/C25H29N7O2/c1-15-3-2-4-17(27-15)19-20(18-7-14-26-23(29-18)28-16-5-6-16)31-21(30-19)24-8-11-25(12-9-24,13-10-24)22(33)32-34/h2-4,7,14,16,34H,5-6,8-13H2,1H3,(H,30,31)(H,32,33)(H,26,28,29). The fourth-order valence-electron chi connectivity index (χ4n) is 5.65. The van der Waals surface area contributed by atoms with Gasteiger partial charge in [-0.1, -0.05) is 6.07 Å². The van der Waals surface area contributed by atoms with E-state index in [0.29, 0.717) is 12.0 Å². The number of amides is 1. The molecule has 3 aromatic heterocycles. The summed E-state index contributed by atoms with van der Waals surface area (Å²) in [7, 11) is 0. The summed E-state index contributed by atoms with van der Waals surface area (Å²) in [4.78, 5) is 35.0. The Morgan fingerprint density at radius 1 is 1.03 bits per heavy atom. The van der Waals surface area contributed by atoms with E-state index in [4.69, 9.17) is 15.0 Å². The molecule has 4 saturated carbocycles. The van der Waals surface area contributed by atoms with Gasteiger partial charge in [0.2, 0.25) is 11.9 Å². The van der Waals surface area contributed by atoms with E-state index in [9.17, 15) is 10.0 Å². The van der Waals surface area contributed by atoms with Crippen LogP contribution in [0, 0.1) is 12.3 Å². The van der Waals surface area contributed by atoms with Gasteiger partial charge in [-0.25, -0.2) is 20.4 Å². The fraction of sp³-hybridized carbons (Fsp3) is 0.480. The third kappa shape index (κ3) is 3.55. The van der Waals surface area contributed by atoms with Crippen molar-refractivity contribution in [3.05, 3.63) is 42.0 Å². The molecule has 0 unspecified atom stereocenters. The summed E-state index contributed by atoms with van der Waals surface area (Å²) in [6.45, 7) is 1.98. The molecule has 0 aromatic carbocycles. The van der Waals surface area contributed by atoms with E-state index in [0.717, 1.165) is 85.7 Å². The number of hydroxylamine groups is 1. The number of carbonyl (C=O) groups excluding carboxylic acids is 1. The first-order valence-corrected chi connectivity index (χ1v) is 12.1. The van der Waals surface area contributed by atoms with Crippen molar-refractivity contribution in [2.45, 2.75) is 69.7 Å². The molecule has 34 heavy (non-hydrogen) atoms. The zero-order valence-corrected chi connectivity index (χ0v) is 19.3. The fourth-order valence-corrected chi connectivity index (χ4v) is 5.65. The Labute approximate surface area is 197 Å². The van der Waals surface area contributed by atoms with Gasteiger partial charge in [-0.2, -0.15) is 0 Å². The largest absolute Gasteiger partial charge is 0.351 e. The van der Waals surface area contributed by atoms with Gasteiger partial charge in [0.25, 0.3) is 0 Å². The molecular formula is C25H29N7O2. The number of fused-ring (bicyclic) bond motifs is 3. The van der Waals surface area contributed by atoms with E-state index in [1.807, 2.05) is 36.7 Å². The van der Waals surface area contributed by atoms with Crippen molar-refractivity contribution in [2.75, 3.05) is 5.32 Å². The molecular weight excluding hydrogens is 430 g/mol. The maximum Gasteiger partial charge on any atom is 0.249 e. The second kappa shape index (κ2) is 7.87. The van der Waals surface area contributed by atoms with Crippen LogP contribution in [0.25, 0.3) is 22.8 Å². The highest BCUT2D eigenvalue weighted by Crippen LogP contribution is 2.57. The van der Waals surface area contributed by atoms with Crippen molar-refractivity contribution >= 4 is 11.9 Å². The number of pyridine rings is 1. The Bertz CT molecular complexity index is 1230. The van der Waals surface area contributed by atoms with Crippen LogP contribution in [0.4, 0.5) is 5.95 Å². The van der Waals surface area contributed by atoms with Crippen LogP contribution in [-0.4, -0.2) is 42.1 Å². The molecule has 4 aliphatic carbocycles. The number of carbonyl (C=O) groups is 1. The Morgan fingerprint density at radius 2 is 1.79 bits per heavy atom. The number of aromatic amines is 1. The Kier molecular flexibility index (Phi) is 4.91. The second-order valence-corrected chi connectivity index (χ2v) is 10.2. The second-order valence-electron chi connectivity index (χ2n) is 10.2. The van der Waals surface area contributed by atoms with Crippen molar-refractivity contribution in [1.82, 2.24) is 30.4 Å². The average Bonchev–Trinajstić information content (AvgIpc) is 3.57. The van der Waals surface area contributed by atoms with Gasteiger partial charge in [0.1, 0.15) is 11.5 Å². The highest BCUT2D eigenvalue weighted by atomic mass is 16.5. The van der Waals surface area contributed by atoms with Crippen molar-refractivity contribution in [1.29, 1.82) is 0 Å². The summed E-state index contributed by atoms with van der Waals surface area (Å²) in [5, 5.41) is 12.6. The van der Waals surface area contributed by atoms with Gasteiger partial charge in [0, 0.05) is 23.3 Å². The molecule has 4 fully saturated rings. The number of nitrogens with zero attached hydrogens (tertiary/aromatic N) is 4. The smallest absolute Gasteiger partial charge is 0.249 e. The molecule has 2 bridgehead atoms. The molecule has 176 valence electrons. The first-order valence-electron chi connectivity index (χ1n) is 12.1. The van der Waals surface area contributed by atoms with Crippen LogP contribution in [0.15, 0.2) is 30.5 Å². The zero-order chi connectivity index (χ0) is 23.3. The number of hydrogen-bond acceptors (Lipinski definition) is 7.